The van der Waals surface area contributed by atoms with Crippen molar-refractivity contribution >= 4 is 33.2 Å². The maximum atomic E-state index is 4.46. The van der Waals surface area contributed by atoms with E-state index in [1.165, 1.54) is 8.66 Å². The highest BCUT2D eigenvalue weighted by Crippen LogP contribution is 2.21. The number of guanidine groups is 1. The van der Waals surface area contributed by atoms with Gasteiger partial charge in [-0.15, -0.1) is 11.3 Å². The first-order valence-electron chi connectivity index (χ1n) is 6.02. The zero-order valence-corrected chi connectivity index (χ0v) is 12.8. The molecule has 3 nitrogen and oxygen atoms in total. The molecule has 0 spiro atoms. The number of thiophene rings is 1. The lowest BCUT2D eigenvalue weighted by Gasteiger charge is -2.10. The Morgan fingerprint density at radius 3 is 2.76 bits per heavy atom. The van der Waals surface area contributed by atoms with Crippen LogP contribution in [0.1, 0.15) is 25.1 Å². The lowest BCUT2D eigenvalue weighted by molar-refractivity contribution is 0.798. The van der Waals surface area contributed by atoms with E-state index in [9.17, 15) is 0 Å². The van der Waals surface area contributed by atoms with Crippen molar-refractivity contribution in [3.63, 3.8) is 0 Å². The van der Waals surface area contributed by atoms with Crippen LogP contribution >= 0.6 is 27.3 Å². The molecule has 0 radical (unpaired) electrons. The summed E-state index contributed by atoms with van der Waals surface area (Å²) in [6, 6.07) is 4.25. The minimum atomic E-state index is 0.875. The van der Waals surface area contributed by atoms with Gasteiger partial charge in [0.05, 0.1) is 3.79 Å². The molecule has 0 aliphatic heterocycles. The monoisotopic (exact) mass is 317 g/mol. The summed E-state index contributed by atoms with van der Waals surface area (Å²) < 4.78 is 1.19. The molecule has 0 fully saturated rings. The molecule has 96 valence electrons. The van der Waals surface area contributed by atoms with Crippen LogP contribution < -0.4 is 10.6 Å². The number of nitrogens with one attached hydrogen (secondary N) is 2. The smallest absolute Gasteiger partial charge is 0.191 e. The first-order valence-corrected chi connectivity index (χ1v) is 7.63. The van der Waals surface area contributed by atoms with Crippen molar-refractivity contribution in [2.75, 3.05) is 19.6 Å². The van der Waals surface area contributed by atoms with Gasteiger partial charge >= 0.3 is 0 Å². The van der Waals surface area contributed by atoms with Crippen LogP contribution in [0.15, 0.2) is 20.9 Å². The summed E-state index contributed by atoms with van der Waals surface area (Å²) in [5, 5.41) is 6.59. The Balaban J connectivity index is 2.31. The number of rotatable bonds is 6. The first kappa shape index (κ1) is 14.5. The molecular formula is C12H20BrN3S. The Hall–Kier alpha value is -0.550. The predicted octanol–water partition coefficient (Wildman–Crippen LogP) is 3.02. The SMILES string of the molecule is CCCN=C(NCC)NCCc1ccc(Br)s1. The summed E-state index contributed by atoms with van der Waals surface area (Å²) in [6.45, 7) is 6.91. The molecule has 1 heterocycles. The molecule has 2 N–H and O–H groups in total. The summed E-state index contributed by atoms with van der Waals surface area (Å²) in [7, 11) is 0. The van der Waals surface area contributed by atoms with Gasteiger partial charge in [0.1, 0.15) is 0 Å². The number of aliphatic imine (C=N–C) groups is 1. The third kappa shape index (κ3) is 6.07. The maximum absolute atomic E-state index is 4.46. The van der Waals surface area contributed by atoms with E-state index in [1.54, 1.807) is 11.3 Å². The fourth-order valence-corrected chi connectivity index (χ4v) is 2.84. The molecule has 0 aliphatic rings. The first-order chi connectivity index (χ1) is 8.26. The van der Waals surface area contributed by atoms with Crippen molar-refractivity contribution in [1.29, 1.82) is 0 Å². The van der Waals surface area contributed by atoms with Crippen LogP contribution in [0.2, 0.25) is 0 Å². The lowest BCUT2D eigenvalue weighted by Crippen LogP contribution is -2.38. The molecule has 5 heteroatoms. The van der Waals surface area contributed by atoms with E-state index in [-0.39, 0.29) is 0 Å². The molecule has 0 aliphatic carbocycles. The van der Waals surface area contributed by atoms with E-state index >= 15 is 0 Å². The molecule has 0 saturated carbocycles. The molecule has 1 aromatic rings. The normalized spacial score (nSPS) is 11.6. The van der Waals surface area contributed by atoms with Crippen LogP contribution in [0.5, 0.6) is 0 Å². The number of hydrogen-bond donors (Lipinski definition) is 2. The van der Waals surface area contributed by atoms with Crippen molar-refractivity contribution in [2.24, 2.45) is 4.99 Å². The fraction of sp³-hybridized carbons (Fsp3) is 0.583. The third-order valence-electron chi connectivity index (χ3n) is 2.13. The van der Waals surface area contributed by atoms with Gasteiger partial charge in [-0.3, -0.25) is 4.99 Å². The zero-order valence-electron chi connectivity index (χ0n) is 10.4. The Kier molecular flexibility index (Phi) is 7.28. The molecule has 1 rings (SSSR count). The van der Waals surface area contributed by atoms with Crippen molar-refractivity contribution in [1.82, 2.24) is 10.6 Å². The molecule has 1 aromatic heterocycles. The average molecular weight is 318 g/mol. The molecule has 0 saturated heterocycles. The largest absolute Gasteiger partial charge is 0.357 e. The number of halogens is 1. The third-order valence-corrected chi connectivity index (χ3v) is 3.81. The quantitative estimate of drug-likeness (QED) is 0.625. The number of nitrogens with zero attached hydrogens (tertiary/aromatic N) is 1. The van der Waals surface area contributed by atoms with E-state index in [1.807, 2.05) is 0 Å². The van der Waals surface area contributed by atoms with Crippen molar-refractivity contribution in [3.05, 3.63) is 20.8 Å². The molecule has 0 aromatic carbocycles. The Morgan fingerprint density at radius 1 is 1.35 bits per heavy atom. The van der Waals surface area contributed by atoms with Gasteiger partial charge in [0.25, 0.3) is 0 Å². The topological polar surface area (TPSA) is 36.4 Å². The molecule has 0 amide bonds. The van der Waals surface area contributed by atoms with Crippen LogP contribution in [-0.4, -0.2) is 25.6 Å². The van der Waals surface area contributed by atoms with Crippen LogP contribution in [0.3, 0.4) is 0 Å². The van der Waals surface area contributed by atoms with E-state index in [0.717, 1.165) is 38.4 Å². The van der Waals surface area contributed by atoms with Crippen molar-refractivity contribution in [3.8, 4) is 0 Å². The molecule has 0 atom stereocenters. The van der Waals surface area contributed by atoms with E-state index in [4.69, 9.17) is 0 Å². The molecule has 0 bridgehead atoms. The summed E-state index contributed by atoms with van der Waals surface area (Å²) in [5.41, 5.74) is 0. The summed E-state index contributed by atoms with van der Waals surface area (Å²) >= 11 is 5.26. The van der Waals surface area contributed by atoms with Crippen molar-refractivity contribution in [2.45, 2.75) is 26.7 Å². The van der Waals surface area contributed by atoms with Crippen LogP contribution in [0.25, 0.3) is 0 Å². The van der Waals surface area contributed by atoms with Crippen LogP contribution in [0, 0.1) is 0 Å². The fourth-order valence-electron chi connectivity index (χ4n) is 1.36. The van der Waals surface area contributed by atoms with E-state index < -0.39 is 0 Å². The Morgan fingerprint density at radius 2 is 2.18 bits per heavy atom. The van der Waals surface area contributed by atoms with Crippen LogP contribution in [-0.2, 0) is 6.42 Å². The van der Waals surface area contributed by atoms with E-state index in [2.05, 4.69) is 57.5 Å². The zero-order chi connectivity index (χ0) is 12.5. The second kappa shape index (κ2) is 8.53. The van der Waals surface area contributed by atoms with Gasteiger partial charge in [0.15, 0.2) is 5.96 Å². The van der Waals surface area contributed by atoms with Gasteiger partial charge in [0.2, 0.25) is 0 Å². The van der Waals surface area contributed by atoms with Crippen LogP contribution in [0.4, 0.5) is 0 Å². The predicted molar refractivity (Wildman–Crippen MR) is 80.0 cm³/mol. The summed E-state index contributed by atoms with van der Waals surface area (Å²) in [4.78, 5) is 5.84. The Bertz CT molecular complexity index is 349. The van der Waals surface area contributed by atoms with Gasteiger partial charge in [-0.25, -0.2) is 0 Å². The molecular weight excluding hydrogens is 298 g/mol. The van der Waals surface area contributed by atoms with Gasteiger partial charge < -0.3 is 10.6 Å². The highest BCUT2D eigenvalue weighted by Gasteiger charge is 1.99. The number of hydrogen-bond acceptors (Lipinski definition) is 2. The molecule has 17 heavy (non-hydrogen) atoms. The highest BCUT2D eigenvalue weighted by atomic mass is 79.9. The minimum Gasteiger partial charge on any atom is -0.357 e. The average Bonchev–Trinajstić information content (AvgIpc) is 2.72. The minimum absolute atomic E-state index is 0.875. The standard InChI is InChI=1S/C12H20BrN3S/c1-3-8-15-12(14-4-2)16-9-7-10-5-6-11(13)17-10/h5-6H,3-4,7-9H2,1-2H3,(H2,14,15,16). The van der Waals surface area contributed by atoms with Crippen molar-refractivity contribution < 1.29 is 0 Å². The van der Waals surface area contributed by atoms with Gasteiger partial charge in [-0.1, -0.05) is 6.92 Å². The van der Waals surface area contributed by atoms with Gasteiger partial charge in [-0.2, -0.15) is 0 Å². The summed E-state index contributed by atoms with van der Waals surface area (Å²) in [5.74, 6) is 0.921. The highest BCUT2D eigenvalue weighted by molar-refractivity contribution is 9.11. The lowest BCUT2D eigenvalue weighted by atomic mass is 10.3. The second-order valence-electron chi connectivity index (χ2n) is 3.64. The van der Waals surface area contributed by atoms with E-state index in [0.29, 0.717) is 0 Å². The second-order valence-corrected chi connectivity index (χ2v) is 6.19. The molecule has 0 unspecified atom stereocenters. The maximum Gasteiger partial charge on any atom is 0.191 e. The van der Waals surface area contributed by atoms with Gasteiger partial charge in [-0.05, 0) is 47.8 Å². The Labute approximate surface area is 116 Å². The summed E-state index contributed by atoms with van der Waals surface area (Å²) in [6.07, 6.45) is 2.11. The van der Waals surface area contributed by atoms with Gasteiger partial charge in [0, 0.05) is 24.5 Å².